The number of anilines is 6. The summed E-state index contributed by atoms with van der Waals surface area (Å²) in [6, 6.07) is 150. The van der Waals surface area contributed by atoms with E-state index in [1.54, 1.807) is 0 Å². The Morgan fingerprint density at radius 3 is 0.874 bits per heavy atom. The number of benzene rings is 18. The lowest BCUT2D eigenvalue weighted by Gasteiger charge is -2.32. The Labute approximate surface area is 639 Å². The Morgan fingerprint density at radius 2 is 0.477 bits per heavy atom. The second-order valence-electron chi connectivity index (χ2n) is 29.9. The van der Waals surface area contributed by atoms with Crippen LogP contribution in [0.25, 0.3) is 154 Å². The number of aromatic nitrogens is 4. The third-order valence-electron chi connectivity index (χ3n) is 24.2. The number of para-hydroxylation sites is 8. The predicted octanol–water partition coefficient (Wildman–Crippen LogP) is 27.7. The first kappa shape index (κ1) is 61.4. The molecule has 2 aliphatic carbocycles. The molecule has 0 radical (unpaired) electrons. The molecule has 6 heteroatoms. The highest BCUT2D eigenvalue weighted by Crippen LogP contribution is 2.65. The molecule has 4 aromatic heterocycles. The van der Waals surface area contributed by atoms with E-state index < -0.39 is 5.41 Å². The van der Waals surface area contributed by atoms with Crippen LogP contribution in [0.1, 0.15) is 22.3 Å². The van der Waals surface area contributed by atoms with Crippen LogP contribution < -0.4 is 9.80 Å². The van der Waals surface area contributed by atoms with Crippen molar-refractivity contribution in [2.75, 3.05) is 9.80 Å². The molecule has 4 heterocycles. The highest BCUT2D eigenvalue weighted by atomic mass is 15.2. The van der Waals surface area contributed by atoms with Gasteiger partial charge in [0.25, 0.3) is 0 Å². The van der Waals surface area contributed by atoms with Gasteiger partial charge in [0.05, 0.1) is 49.5 Å². The molecule has 0 unspecified atom stereocenters. The number of hydrogen-bond acceptors (Lipinski definition) is 2. The first-order valence-corrected chi connectivity index (χ1v) is 38.4. The number of rotatable bonds is 10. The Balaban J connectivity index is 0.713. The molecule has 0 fully saturated rings. The van der Waals surface area contributed by atoms with Gasteiger partial charge in [0.2, 0.25) is 0 Å². The summed E-state index contributed by atoms with van der Waals surface area (Å²) in [4.78, 5) is 4.99. The van der Waals surface area contributed by atoms with Crippen molar-refractivity contribution in [3.63, 3.8) is 0 Å². The van der Waals surface area contributed by atoms with E-state index in [0.29, 0.717) is 0 Å². The van der Waals surface area contributed by atoms with Crippen LogP contribution in [0, 0.1) is 0 Å². The highest BCUT2D eigenvalue weighted by molar-refractivity contribution is 6.16. The summed E-state index contributed by atoms with van der Waals surface area (Å²) in [5, 5.41) is 14.4. The minimum atomic E-state index is -0.672. The van der Waals surface area contributed by atoms with Crippen LogP contribution in [0.15, 0.2) is 400 Å². The van der Waals surface area contributed by atoms with Gasteiger partial charge in [-0.3, -0.25) is 0 Å². The van der Waals surface area contributed by atoms with Crippen LogP contribution in [-0.4, -0.2) is 18.3 Å². The third-order valence-corrected chi connectivity index (χ3v) is 24.2. The quantitative estimate of drug-likeness (QED) is 0.136. The molecule has 516 valence electrons. The summed E-state index contributed by atoms with van der Waals surface area (Å²) in [7, 11) is 0. The van der Waals surface area contributed by atoms with Crippen LogP contribution in [0.3, 0.4) is 0 Å². The minimum Gasteiger partial charge on any atom is -0.310 e. The number of nitrogens with zero attached hydrogens (tertiary/aromatic N) is 6. The van der Waals surface area contributed by atoms with Crippen LogP contribution in [0.5, 0.6) is 0 Å². The van der Waals surface area contributed by atoms with Crippen molar-refractivity contribution in [1.29, 1.82) is 0 Å². The molecule has 111 heavy (non-hydrogen) atoms. The van der Waals surface area contributed by atoms with Gasteiger partial charge in [-0.1, -0.05) is 218 Å². The van der Waals surface area contributed by atoms with Crippen molar-refractivity contribution in [2.45, 2.75) is 5.41 Å². The van der Waals surface area contributed by atoms with E-state index in [9.17, 15) is 0 Å². The topological polar surface area (TPSA) is 26.2 Å². The van der Waals surface area contributed by atoms with E-state index in [2.05, 4.69) is 428 Å². The normalized spacial score (nSPS) is 12.8. The van der Waals surface area contributed by atoms with Gasteiger partial charge >= 0.3 is 0 Å². The molecule has 2 aliphatic rings. The van der Waals surface area contributed by atoms with E-state index in [1.807, 2.05) is 0 Å². The molecule has 0 saturated heterocycles. The van der Waals surface area contributed by atoms with Crippen LogP contribution in [0.2, 0.25) is 0 Å². The average Bonchev–Trinajstić information content (AvgIpc) is 1.50. The maximum Gasteiger partial charge on any atom is 0.0731 e. The van der Waals surface area contributed by atoms with Crippen molar-refractivity contribution >= 4 is 143 Å². The predicted molar refractivity (Wildman–Crippen MR) is 464 cm³/mol. The molecule has 0 saturated carbocycles. The molecule has 1 spiro atoms. The van der Waals surface area contributed by atoms with Crippen LogP contribution in [-0.2, 0) is 5.41 Å². The van der Waals surface area contributed by atoms with Gasteiger partial charge in [-0.15, -0.1) is 0 Å². The Hall–Kier alpha value is -14.7. The summed E-state index contributed by atoms with van der Waals surface area (Å²) < 4.78 is 9.63. The molecule has 0 amide bonds. The van der Waals surface area contributed by atoms with E-state index in [-0.39, 0.29) is 0 Å². The first-order valence-electron chi connectivity index (χ1n) is 38.4. The SMILES string of the molecule is c1ccc(-n2c3ccccc3c3cc(N(c4ccc5cc6c(cc5c4)C4(c5ccccc5-c5ccccc54)c4c-6ccc5cc(N(c6ccc7c(c6)c6ccccc6n7-c6ccccc6)c6ccc7c(c6)c6ccccc6n7-c6ccccc6)ccc45)c4ccc5c(c4)c4ccccc4n5-c4ccccc4)ccc32)cc1. The van der Waals surface area contributed by atoms with Crippen LogP contribution >= 0.6 is 0 Å². The fourth-order valence-electron chi connectivity index (χ4n) is 19.7. The molecule has 22 aromatic rings. The first-order chi connectivity index (χ1) is 55.1. The molecule has 0 aliphatic heterocycles. The zero-order chi connectivity index (χ0) is 72.6. The number of hydrogen-bond donors (Lipinski definition) is 0. The lowest BCUT2D eigenvalue weighted by Crippen LogP contribution is -2.26. The smallest absolute Gasteiger partial charge is 0.0731 e. The lowest BCUT2D eigenvalue weighted by molar-refractivity contribution is 0.802. The largest absolute Gasteiger partial charge is 0.310 e. The molecule has 0 N–H and O–H groups in total. The van der Waals surface area contributed by atoms with Crippen molar-refractivity contribution in [1.82, 2.24) is 18.3 Å². The van der Waals surface area contributed by atoms with E-state index in [1.165, 1.54) is 131 Å². The maximum atomic E-state index is 2.57. The Morgan fingerprint density at radius 1 is 0.171 bits per heavy atom. The molecule has 24 rings (SSSR count). The zero-order valence-corrected chi connectivity index (χ0v) is 60.3. The highest BCUT2D eigenvalue weighted by Gasteiger charge is 2.52. The van der Waals surface area contributed by atoms with Crippen molar-refractivity contribution in [3.8, 4) is 45.0 Å². The van der Waals surface area contributed by atoms with Gasteiger partial charge < -0.3 is 28.1 Å². The fraction of sp³-hybridized carbons (Fsp3) is 0.00952. The molecule has 0 bridgehead atoms. The molecule has 6 nitrogen and oxygen atoms in total. The van der Waals surface area contributed by atoms with E-state index in [4.69, 9.17) is 0 Å². The maximum absolute atomic E-state index is 2.57. The van der Waals surface area contributed by atoms with Gasteiger partial charge in [0.1, 0.15) is 0 Å². The minimum absolute atomic E-state index is 0.672. The standard InChI is InChI=1S/C105H66N6/c1-5-25-70(26-6-1)108-96-41-21-15-35-83(96)89-63-76(49-55-100(89)108)106(77-50-56-101-90(64-77)84-36-16-22-42-97(84)109(101)71-27-7-2-8-28-71)74-47-45-67-61-88-87-53-46-68-59-75(48-54-80(68)104(87)105(95(88)62-69(67)60-74)93-39-19-13-33-81(93)82-34-14-20-40-94(82)105)107(78-51-57-102-91(65-78)85-37-17-23-43-98(85)110(102)72-29-9-3-10-30-72)79-52-58-103-92(66-79)86-38-18-24-44-99(86)111(103)73-31-11-4-12-32-73/h1-66H. The summed E-state index contributed by atoms with van der Waals surface area (Å²) in [6.45, 7) is 0. The van der Waals surface area contributed by atoms with Crippen LogP contribution in [0.4, 0.5) is 34.1 Å². The monoisotopic (exact) mass is 1410 g/mol. The van der Waals surface area contributed by atoms with Crippen molar-refractivity contribution in [3.05, 3.63) is 423 Å². The van der Waals surface area contributed by atoms with Gasteiger partial charge in [-0.05, 0) is 248 Å². The summed E-state index contributed by atoms with van der Waals surface area (Å²) in [6.07, 6.45) is 0. The summed E-state index contributed by atoms with van der Waals surface area (Å²) in [5.74, 6) is 0. The molecular formula is C105H66N6. The fourth-order valence-corrected chi connectivity index (χ4v) is 19.7. The summed E-state index contributed by atoms with van der Waals surface area (Å²) in [5.41, 5.74) is 29.9. The van der Waals surface area contributed by atoms with Gasteiger partial charge in [0, 0.05) is 100.0 Å². The lowest BCUT2D eigenvalue weighted by atomic mass is 9.69. The zero-order valence-electron chi connectivity index (χ0n) is 60.3. The van der Waals surface area contributed by atoms with Gasteiger partial charge in [-0.25, -0.2) is 0 Å². The Bertz CT molecular complexity index is 7290. The Kier molecular flexibility index (Phi) is 13.1. The van der Waals surface area contributed by atoms with E-state index in [0.717, 1.165) is 78.9 Å². The number of fused-ring (bicyclic) bond motifs is 25. The van der Waals surface area contributed by atoms with Gasteiger partial charge in [0.15, 0.2) is 0 Å². The second-order valence-corrected chi connectivity index (χ2v) is 29.9. The van der Waals surface area contributed by atoms with Crippen molar-refractivity contribution < 1.29 is 0 Å². The molecule has 18 aromatic carbocycles. The molecular weight excluding hydrogens is 1350 g/mol. The molecule has 0 atom stereocenters. The van der Waals surface area contributed by atoms with E-state index >= 15 is 0 Å². The third kappa shape index (κ3) is 8.84. The average molecular weight is 1410 g/mol. The van der Waals surface area contributed by atoms with Gasteiger partial charge in [-0.2, -0.15) is 0 Å². The second kappa shape index (κ2) is 23.6. The van der Waals surface area contributed by atoms with Crippen molar-refractivity contribution in [2.24, 2.45) is 0 Å². The summed E-state index contributed by atoms with van der Waals surface area (Å²) >= 11 is 0.